The molecule has 0 saturated carbocycles. The van der Waals surface area contributed by atoms with Crippen LogP contribution in [0.25, 0.3) is 10.9 Å². The molecule has 0 aliphatic rings. The molecule has 1 amide bonds. The molecule has 2 heterocycles. The molecule has 1 atom stereocenters. The van der Waals surface area contributed by atoms with Gasteiger partial charge in [-0.3, -0.25) is 9.78 Å². The van der Waals surface area contributed by atoms with Crippen LogP contribution in [0.1, 0.15) is 34.6 Å². The predicted molar refractivity (Wildman–Crippen MR) is 115 cm³/mol. The van der Waals surface area contributed by atoms with Gasteiger partial charge in [0.1, 0.15) is 12.1 Å². The van der Waals surface area contributed by atoms with Crippen molar-refractivity contribution in [1.82, 2.24) is 15.0 Å². The maximum atomic E-state index is 12.5. The summed E-state index contributed by atoms with van der Waals surface area (Å²) in [6.07, 6.45) is 3.14. The van der Waals surface area contributed by atoms with Crippen molar-refractivity contribution in [2.24, 2.45) is 0 Å². The molecule has 0 fully saturated rings. The van der Waals surface area contributed by atoms with E-state index in [1.807, 2.05) is 61.5 Å². The summed E-state index contributed by atoms with van der Waals surface area (Å²) in [7, 11) is 0. The number of amides is 1. The van der Waals surface area contributed by atoms with E-state index >= 15 is 0 Å². The molecular weight excluding hydrogens is 362 g/mol. The number of para-hydroxylation sites is 1. The minimum atomic E-state index is -0.183. The van der Waals surface area contributed by atoms with E-state index in [0.29, 0.717) is 5.56 Å². The Labute approximate surface area is 169 Å². The fourth-order valence-electron chi connectivity index (χ4n) is 3.10. The van der Waals surface area contributed by atoms with Gasteiger partial charge < -0.3 is 10.6 Å². The highest BCUT2D eigenvalue weighted by Crippen LogP contribution is 2.25. The van der Waals surface area contributed by atoms with Crippen LogP contribution in [0.2, 0.25) is 0 Å². The van der Waals surface area contributed by atoms with Crippen molar-refractivity contribution in [2.75, 3.05) is 10.6 Å². The number of pyridine rings is 1. The smallest absolute Gasteiger partial charge is 0.257 e. The molecule has 2 aromatic heterocycles. The van der Waals surface area contributed by atoms with Crippen molar-refractivity contribution < 1.29 is 4.79 Å². The van der Waals surface area contributed by atoms with Crippen LogP contribution in [0, 0.1) is 6.92 Å². The average Bonchev–Trinajstić information content (AvgIpc) is 2.74. The summed E-state index contributed by atoms with van der Waals surface area (Å²) in [6, 6.07) is 19.2. The predicted octanol–water partition coefficient (Wildman–Crippen LogP) is 4.76. The van der Waals surface area contributed by atoms with Gasteiger partial charge in [-0.2, -0.15) is 0 Å². The Balaban J connectivity index is 1.52. The fourth-order valence-corrected chi connectivity index (χ4v) is 3.10. The first-order valence-electron chi connectivity index (χ1n) is 9.40. The lowest BCUT2D eigenvalue weighted by atomic mass is 10.1. The highest BCUT2D eigenvalue weighted by atomic mass is 16.1. The second-order valence-electron chi connectivity index (χ2n) is 6.87. The standard InChI is InChI=1S/C23H21N5O/c1-15-10-11-18(13-24-15)23(29)28-19-7-5-6-17(12-19)16(2)27-22-20-8-3-4-9-21(20)25-14-26-22/h3-14,16H,1-2H3,(H,28,29)(H,25,26,27)/t16-/m1/s1. The number of aryl methyl sites for hydroxylation is 1. The molecule has 29 heavy (non-hydrogen) atoms. The van der Waals surface area contributed by atoms with E-state index in [2.05, 4.69) is 32.5 Å². The molecule has 2 aromatic carbocycles. The van der Waals surface area contributed by atoms with Crippen molar-refractivity contribution in [2.45, 2.75) is 19.9 Å². The second kappa shape index (κ2) is 8.06. The molecule has 2 N–H and O–H groups in total. The molecular formula is C23H21N5O. The number of aromatic nitrogens is 3. The molecule has 0 unspecified atom stereocenters. The molecule has 0 radical (unpaired) electrons. The van der Waals surface area contributed by atoms with Crippen LogP contribution in [0.4, 0.5) is 11.5 Å². The number of hydrogen-bond donors (Lipinski definition) is 2. The zero-order chi connectivity index (χ0) is 20.2. The summed E-state index contributed by atoms with van der Waals surface area (Å²) in [5.41, 5.74) is 4.06. The van der Waals surface area contributed by atoms with E-state index in [1.165, 1.54) is 0 Å². The molecule has 0 bridgehead atoms. The van der Waals surface area contributed by atoms with Crippen LogP contribution in [0.15, 0.2) is 73.2 Å². The lowest BCUT2D eigenvalue weighted by Gasteiger charge is -2.17. The molecule has 6 nitrogen and oxygen atoms in total. The number of carbonyl (C=O) groups excluding carboxylic acids is 1. The molecule has 0 spiro atoms. The van der Waals surface area contributed by atoms with Crippen molar-refractivity contribution in [1.29, 1.82) is 0 Å². The number of hydrogen-bond acceptors (Lipinski definition) is 5. The Morgan fingerprint density at radius 2 is 1.83 bits per heavy atom. The van der Waals surface area contributed by atoms with E-state index in [9.17, 15) is 4.79 Å². The first-order chi connectivity index (χ1) is 14.1. The Hall–Kier alpha value is -3.80. The van der Waals surface area contributed by atoms with E-state index in [1.54, 1.807) is 18.6 Å². The number of anilines is 2. The van der Waals surface area contributed by atoms with E-state index in [-0.39, 0.29) is 11.9 Å². The van der Waals surface area contributed by atoms with Crippen molar-refractivity contribution >= 4 is 28.3 Å². The fraction of sp³-hybridized carbons (Fsp3) is 0.130. The normalized spacial score (nSPS) is 11.8. The Morgan fingerprint density at radius 3 is 2.66 bits per heavy atom. The van der Waals surface area contributed by atoms with Crippen LogP contribution in [0.5, 0.6) is 0 Å². The van der Waals surface area contributed by atoms with Crippen LogP contribution in [-0.4, -0.2) is 20.9 Å². The highest BCUT2D eigenvalue weighted by Gasteiger charge is 2.11. The first-order valence-corrected chi connectivity index (χ1v) is 9.40. The Bertz CT molecular complexity index is 1150. The van der Waals surface area contributed by atoms with Gasteiger partial charge in [0, 0.05) is 23.0 Å². The van der Waals surface area contributed by atoms with Gasteiger partial charge in [0.05, 0.1) is 17.1 Å². The van der Waals surface area contributed by atoms with Crippen molar-refractivity contribution in [3.05, 3.63) is 90.0 Å². The minimum absolute atomic E-state index is 0.00815. The van der Waals surface area contributed by atoms with Gasteiger partial charge in [-0.15, -0.1) is 0 Å². The quantitative estimate of drug-likeness (QED) is 0.519. The zero-order valence-corrected chi connectivity index (χ0v) is 16.3. The summed E-state index contributed by atoms with van der Waals surface area (Å²) in [4.78, 5) is 25.3. The van der Waals surface area contributed by atoms with Crippen LogP contribution in [-0.2, 0) is 0 Å². The molecule has 4 aromatic rings. The summed E-state index contributed by atoms with van der Waals surface area (Å²) < 4.78 is 0. The largest absolute Gasteiger partial charge is 0.363 e. The van der Waals surface area contributed by atoms with Gasteiger partial charge in [-0.25, -0.2) is 9.97 Å². The van der Waals surface area contributed by atoms with E-state index in [0.717, 1.165) is 33.7 Å². The van der Waals surface area contributed by atoms with Gasteiger partial charge in [0.15, 0.2) is 0 Å². The van der Waals surface area contributed by atoms with Gasteiger partial charge in [0.2, 0.25) is 0 Å². The third-order valence-electron chi connectivity index (χ3n) is 4.71. The molecule has 4 rings (SSSR count). The zero-order valence-electron chi connectivity index (χ0n) is 16.3. The van der Waals surface area contributed by atoms with Gasteiger partial charge >= 0.3 is 0 Å². The summed E-state index contributed by atoms with van der Waals surface area (Å²) in [5, 5.41) is 7.35. The molecule has 6 heteroatoms. The third kappa shape index (κ3) is 4.21. The third-order valence-corrected chi connectivity index (χ3v) is 4.71. The first kappa shape index (κ1) is 18.6. The topological polar surface area (TPSA) is 79.8 Å². The minimum Gasteiger partial charge on any atom is -0.363 e. The maximum Gasteiger partial charge on any atom is 0.257 e. The maximum absolute atomic E-state index is 12.5. The van der Waals surface area contributed by atoms with E-state index in [4.69, 9.17) is 0 Å². The number of benzene rings is 2. The Kier molecular flexibility index (Phi) is 5.16. The summed E-state index contributed by atoms with van der Waals surface area (Å²) in [5.74, 6) is 0.598. The number of fused-ring (bicyclic) bond motifs is 1. The second-order valence-corrected chi connectivity index (χ2v) is 6.87. The number of rotatable bonds is 5. The lowest BCUT2D eigenvalue weighted by Crippen LogP contribution is -2.13. The highest BCUT2D eigenvalue weighted by molar-refractivity contribution is 6.04. The number of nitrogens with zero attached hydrogens (tertiary/aromatic N) is 3. The molecule has 0 aliphatic heterocycles. The summed E-state index contributed by atoms with van der Waals surface area (Å²) >= 11 is 0. The average molecular weight is 383 g/mol. The summed E-state index contributed by atoms with van der Waals surface area (Å²) in [6.45, 7) is 3.95. The van der Waals surface area contributed by atoms with Crippen molar-refractivity contribution in [3.8, 4) is 0 Å². The van der Waals surface area contributed by atoms with Gasteiger partial charge in [-0.05, 0) is 55.8 Å². The molecule has 0 aliphatic carbocycles. The van der Waals surface area contributed by atoms with Crippen molar-refractivity contribution in [3.63, 3.8) is 0 Å². The van der Waals surface area contributed by atoms with E-state index < -0.39 is 0 Å². The van der Waals surface area contributed by atoms with Crippen LogP contribution in [0.3, 0.4) is 0 Å². The molecule has 0 saturated heterocycles. The SMILES string of the molecule is Cc1ccc(C(=O)Nc2cccc([C@@H](C)Nc3ncnc4ccccc34)c2)cn1. The Morgan fingerprint density at radius 1 is 0.966 bits per heavy atom. The monoisotopic (exact) mass is 383 g/mol. The van der Waals surface area contributed by atoms with Crippen LogP contribution < -0.4 is 10.6 Å². The number of nitrogens with one attached hydrogen (secondary N) is 2. The lowest BCUT2D eigenvalue weighted by molar-refractivity contribution is 0.102. The van der Waals surface area contributed by atoms with Crippen LogP contribution >= 0.6 is 0 Å². The van der Waals surface area contributed by atoms with Gasteiger partial charge in [-0.1, -0.05) is 24.3 Å². The molecule has 144 valence electrons. The van der Waals surface area contributed by atoms with Gasteiger partial charge in [0.25, 0.3) is 5.91 Å². The number of carbonyl (C=O) groups is 1.